The molecule has 0 fully saturated rings. The lowest BCUT2D eigenvalue weighted by atomic mass is 10.2. The van der Waals surface area contributed by atoms with Gasteiger partial charge in [0.2, 0.25) is 0 Å². The first kappa shape index (κ1) is 14.7. The molecule has 104 valence electrons. The lowest BCUT2D eigenvalue weighted by Gasteiger charge is -2.15. The van der Waals surface area contributed by atoms with Crippen molar-refractivity contribution in [2.75, 3.05) is 20.1 Å². The van der Waals surface area contributed by atoms with Gasteiger partial charge in [0, 0.05) is 35.9 Å². The maximum atomic E-state index is 5.42. The van der Waals surface area contributed by atoms with Gasteiger partial charge < -0.3 is 10.6 Å². The highest BCUT2D eigenvalue weighted by Gasteiger charge is 2.06. The number of nitrogens with two attached hydrogens (primary N) is 1. The Hall–Kier alpha value is -1.67. The molecule has 2 aromatic rings. The summed E-state index contributed by atoms with van der Waals surface area (Å²) in [6.07, 6.45) is 4.72. The Bertz CT molecular complexity index is 581. The first-order valence-corrected chi connectivity index (χ1v) is 7.50. The number of aromatic nitrogens is 1. The predicted molar refractivity (Wildman–Crippen MR) is 84.5 cm³/mol. The van der Waals surface area contributed by atoms with Crippen molar-refractivity contribution >= 4 is 11.3 Å². The van der Waals surface area contributed by atoms with Crippen LogP contribution in [0.15, 0.2) is 36.0 Å². The zero-order valence-corrected chi connectivity index (χ0v) is 12.5. The minimum Gasteiger partial charge on any atom is -0.320 e. The minimum absolute atomic E-state index is 0.410. The predicted octanol–water partition coefficient (Wildman–Crippen LogP) is 2.13. The molecule has 0 aliphatic carbocycles. The van der Waals surface area contributed by atoms with Crippen LogP contribution in [0.2, 0.25) is 0 Å². The van der Waals surface area contributed by atoms with Crippen LogP contribution in [-0.2, 0) is 13.0 Å². The van der Waals surface area contributed by atoms with E-state index in [2.05, 4.69) is 52.4 Å². The van der Waals surface area contributed by atoms with Gasteiger partial charge in [-0.2, -0.15) is 0 Å². The Morgan fingerprint density at radius 2 is 2.10 bits per heavy atom. The molecule has 0 saturated carbocycles. The second-order valence-corrected chi connectivity index (χ2v) is 5.61. The third-order valence-corrected chi connectivity index (χ3v) is 3.92. The summed E-state index contributed by atoms with van der Waals surface area (Å²) in [6.45, 7) is 2.36. The molecule has 0 atom stereocenters. The molecule has 4 heteroatoms. The Morgan fingerprint density at radius 1 is 1.30 bits per heavy atom. The molecule has 0 radical (unpaired) electrons. The number of likely N-dealkylation sites (N-methyl/N-ethyl adjacent to an activating group) is 1. The maximum Gasteiger partial charge on any atom is 0.0555 e. The highest BCUT2D eigenvalue weighted by atomic mass is 32.1. The van der Waals surface area contributed by atoms with Crippen LogP contribution in [0.1, 0.15) is 16.0 Å². The SMILES string of the molecule is CN(CCc1ccncc1)Cc1sccc1C#CCN. The molecular formula is C16H19N3S. The van der Waals surface area contributed by atoms with Gasteiger partial charge in [-0.25, -0.2) is 0 Å². The molecule has 0 amide bonds. The van der Waals surface area contributed by atoms with Gasteiger partial charge in [-0.1, -0.05) is 11.8 Å². The van der Waals surface area contributed by atoms with Gasteiger partial charge in [0.25, 0.3) is 0 Å². The third kappa shape index (κ3) is 4.46. The summed E-state index contributed by atoms with van der Waals surface area (Å²) < 4.78 is 0. The van der Waals surface area contributed by atoms with Crippen LogP contribution in [0.5, 0.6) is 0 Å². The van der Waals surface area contributed by atoms with Crippen molar-refractivity contribution in [1.29, 1.82) is 0 Å². The summed E-state index contributed by atoms with van der Waals surface area (Å²) >= 11 is 1.75. The molecule has 2 aromatic heterocycles. The van der Waals surface area contributed by atoms with E-state index in [0.717, 1.165) is 25.1 Å². The van der Waals surface area contributed by atoms with E-state index < -0.39 is 0 Å². The summed E-state index contributed by atoms with van der Waals surface area (Å²) in [5, 5.41) is 2.09. The number of nitrogens with zero attached hydrogens (tertiary/aromatic N) is 2. The number of rotatable bonds is 5. The molecule has 3 nitrogen and oxygen atoms in total. The standard InChI is InChI=1S/C16H19N3S/c1-19(11-6-14-4-9-18-10-5-14)13-16-15(3-2-8-17)7-12-20-16/h4-5,7,9-10,12H,6,8,11,13,17H2,1H3. The molecule has 0 aliphatic heterocycles. The van der Waals surface area contributed by atoms with Crippen molar-refractivity contribution < 1.29 is 0 Å². The van der Waals surface area contributed by atoms with E-state index in [9.17, 15) is 0 Å². The van der Waals surface area contributed by atoms with Gasteiger partial charge in [-0.15, -0.1) is 11.3 Å². The minimum atomic E-state index is 0.410. The molecule has 2 N–H and O–H groups in total. The maximum absolute atomic E-state index is 5.42. The number of hydrogen-bond donors (Lipinski definition) is 1. The van der Waals surface area contributed by atoms with Crippen LogP contribution in [0.25, 0.3) is 0 Å². The lowest BCUT2D eigenvalue weighted by Crippen LogP contribution is -2.20. The Kier molecular flexibility index (Phi) is 5.75. The number of hydrogen-bond acceptors (Lipinski definition) is 4. The van der Waals surface area contributed by atoms with E-state index in [-0.39, 0.29) is 0 Å². The van der Waals surface area contributed by atoms with E-state index in [1.165, 1.54) is 10.4 Å². The summed E-state index contributed by atoms with van der Waals surface area (Å²) in [4.78, 5) is 7.66. The molecule has 0 bridgehead atoms. The van der Waals surface area contributed by atoms with Crippen LogP contribution in [0.4, 0.5) is 0 Å². The van der Waals surface area contributed by atoms with Crippen molar-refractivity contribution in [2.24, 2.45) is 5.73 Å². The van der Waals surface area contributed by atoms with Crippen molar-refractivity contribution in [3.63, 3.8) is 0 Å². The normalized spacial score (nSPS) is 10.3. The fraction of sp³-hybridized carbons (Fsp3) is 0.312. The van der Waals surface area contributed by atoms with Crippen molar-refractivity contribution in [3.05, 3.63) is 52.0 Å². The highest BCUT2D eigenvalue weighted by Crippen LogP contribution is 2.17. The van der Waals surface area contributed by atoms with Crippen molar-refractivity contribution in [3.8, 4) is 11.8 Å². The molecule has 20 heavy (non-hydrogen) atoms. The summed E-state index contributed by atoms with van der Waals surface area (Å²) in [7, 11) is 2.14. The molecular weight excluding hydrogens is 266 g/mol. The second-order valence-electron chi connectivity index (χ2n) is 4.61. The van der Waals surface area contributed by atoms with E-state index in [0.29, 0.717) is 6.54 Å². The van der Waals surface area contributed by atoms with E-state index in [1.54, 1.807) is 11.3 Å². The fourth-order valence-electron chi connectivity index (χ4n) is 1.91. The molecule has 2 rings (SSSR count). The molecule has 0 saturated heterocycles. The zero-order valence-electron chi connectivity index (χ0n) is 11.7. The van der Waals surface area contributed by atoms with Gasteiger partial charge in [0.15, 0.2) is 0 Å². The molecule has 2 heterocycles. The van der Waals surface area contributed by atoms with Crippen LogP contribution < -0.4 is 5.73 Å². The highest BCUT2D eigenvalue weighted by molar-refractivity contribution is 7.10. The number of thiophene rings is 1. The van der Waals surface area contributed by atoms with Crippen LogP contribution in [0.3, 0.4) is 0 Å². The topological polar surface area (TPSA) is 42.2 Å². The van der Waals surface area contributed by atoms with Crippen molar-refractivity contribution in [1.82, 2.24) is 9.88 Å². The summed E-state index contributed by atoms with van der Waals surface area (Å²) in [5.74, 6) is 6.05. The van der Waals surface area contributed by atoms with Gasteiger partial charge in [-0.05, 0) is 42.6 Å². The average molecular weight is 285 g/mol. The molecule has 0 aliphatic rings. The van der Waals surface area contributed by atoms with E-state index >= 15 is 0 Å². The first-order chi connectivity index (χ1) is 9.79. The van der Waals surface area contributed by atoms with Gasteiger partial charge in [0.1, 0.15) is 0 Å². The average Bonchev–Trinajstić information content (AvgIpc) is 2.91. The Labute approximate surface area is 124 Å². The van der Waals surface area contributed by atoms with Gasteiger partial charge in [-0.3, -0.25) is 4.98 Å². The third-order valence-electron chi connectivity index (χ3n) is 3.02. The lowest BCUT2D eigenvalue weighted by molar-refractivity contribution is 0.334. The number of pyridine rings is 1. The van der Waals surface area contributed by atoms with E-state index in [4.69, 9.17) is 5.73 Å². The van der Waals surface area contributed by atoms with Gasteiger partial charge in [0.05, 0.1) is 6.54 Å². The monoisotopic (exact) mass is 285 g/mol. The smallest absolute Gasteiger partial charge is 0.0555 e. The van der Waals surface area contributed by atoms with Crippen LogP contribution >= 0.6 is 11.3 Å². The quantitative estimate of drug-likeness (QED) is 0.856. The fourth-order valence-corrected chi connectivity index (χ4v) is 2.82. The van der Waals surface area contributed by atoms with E-state index in [1.807, 2.05) is 12.4 Å². The Balaban J connectivity index is 1.88. The largest absolute Gasteiger partial charge is 0.320 e. The summed E-state index contributed by atoms with van der Waals surface area (Å²) in [6, 6.07) is 6.20. The zero-order chi connectivity index (χ0) is 14.2. The first-order valence-electron chi connectivity index (χ1n) is 6.62. The Morgan fingerprint density at radius 3 is 2.85 bits per heavy atom. The van der Waals surface area contributed by atoms with Crippen LogP contribution in [-0.4, -0.2) is 30.0 Å². The van der Waals surface area contributed by atoms with Crippen molar-refractivity contribution in [2.45, 2.75) is 13.0 Å². The molecule has 0 spiro atoms. The second kappa shape index (κ2) is 7.81. The molecule has 0 unspecified atom stereocenters. The molecule has 0 aromatic carbocycles. The summed E-state index contributed by atoms with van der Waals surface area (Å²) in [5.41, 5.74) is 7.85. The van der Waals surface area contributed by atoms with Gasteiger partial charge >= 0.3 is 0 Å². The van der Waals surface area contributed by atoms with Crippen LogP contribution in [0, 0.1) is 11.8 Å².